The van der Waals surface area contributed by atoms with Crippen molar-refractivity contribution in [1.82, 2.24) is 5.32 Å². The second-order valence-electron chi connectivity index (χ2n) is 2.77. The highest BCUT2D eigenvalue weighted by Gasteiger charge is 2.23. The maximum atomic E-state index is 11.0. The molecule has 0 aromatic carbocycles. The molecule has 1 atom stereocenters. The number of amides is 1. The summed E-state index contributed by atoms with van der Waals surface area (Å²) in [6.45, 7) is 0.243. The molecule has 1 fully saturated rings. The van der Waals surface area contributed by atoms with Crippen LogP contribution in [0.5, 0.6) is 0 Å². The maximum Gasteiger partial charge on any atom is 0.407 e. The summed E-state index contributed by atoms with van der Waals surface area (Å²) in [5.74, 6) is -1.36. The summed E-state index contributed by atoms with van der Waals surface area (Å²) in [5, 5.41) is 2.41. The number of halogens is 1. The number of alkyl carbamates (subject to hydrolysis) is 1. The van der Waals surface area contributed by atoms with Crippen molar-refractivity contribution in [3.05, 3.63) is 12.2 Å². The van der Waals surface area contributed by atoms with Gasteiger partial charge in [-0.25, -0.2) is 14.4 Å². The summed E-state index contributed by atoms with van der Waals surface area (Å²) in [7, 11) is 0. The molecule has 0 spiro atoms. The van der Waals surface area contributed by atoms with Crippen molar-refractivity contribution in [2.45, 2.75) is 6.10 Å². The lowest BCUT2D eigenvalue weighted by molar-refractivity contribution is -0.140. The Labute approximate surface area is 105 Å². The molecule has 8 heteroatoms. The van der Waals surface area contributed by atoms with E-state index in [1.54, 1.807) is 0 Å². The van der Waals surface area contributed by atoms with Gasteiger partial charge in [-0.05, 0) is 0 Å². The third-order valence-electron chi connectivity index (χ3n) is 1.59. The van der Waals surface area contributed by atoms with Crippen molar-refractivity contribution in [3.63, 3.8) is 0 Å². The van der Waals surface area contributed by atoms with Crippen molar-refractivity contribution in [2.24, 2.45) is 0 Å². The van der Waals surface area contributed by atoms with E-state index in [9.17, 15) is 14.4 Å². The van der Waals surface area contributed by atoms with Crippen LogP contribution in [0.15, 0.2) is 12.2 Å². The van der Waals surface area contributed by atoms with Gasteiger partial charge >= 0.3 is 18.0 Å². The molecule has 0 radical (unpaired) electrons. The van der Waals surface area contributed by atoms with Crippen molar-refractivity contribution in [2.75, 3.05) is 13.2 Å². The number of cyclic esters (lactones) is 1. The van der Waals surface area contributed by atoms with Gasteiger partial charge in [0.15, 0.2) is 29.1 Å². The molecule has 1 saturated heterocycles. The van der Waals surface area contributed by atoms with Gasteiger partial charge in [0.05, 0.1) is 6.54 Å². The zero-order valence-corrected chi connectivity index (χ0v) is 10.1. The number of rotatable bonds is 4. The molecule has 1 rings (SSSR count). The van der Waals surface area contributed by atoms with E-state index in [4.69, 9.17) is 9.47 Å². The third kappa shape index (κ3) is 4.47. The van der Waals surface area contributed by atoms with Crippen LogP contribution in [0.25, 0.3) is 0 Å². The highest BCUT2D eigenvalue weighted by Crippen LogP contribution is 2.00. The fourth-order valence-electron chi connectivity index (χ4n) is 0.910. The lowest BCUT2D eigenvalue weighted by Crippen LogP contribution is -2.21. The van der Waals surface area contributed by atoms with Gasteiger partial charge in [-0.3, -0.25) is 0 Å². The smallest absolute Gasteiger partial charge is 0.407 e. The van der Waals surface area contributed by atoms with Crippen LogP contribution in [0, 0.1) is 0 Å². The quantitative estimate of drug-likeness (QED) is 0.443. The third-order valence-corrected chi connectivity index (χ3v) is 2.02. The van der Waals surface area contributed by atoms with Gasteiger partial charge in [0.25, 0.3) is 0 Å². The van der Waals surface area contributed by atoms with E-state index < -0.39 is 24.1 Å². The van der Waals surface area contributed by atoms with E-state index in [1.807, 2.05) is 0 Å². The summed E-state index contributed by atoms with van der Waals surface area (Å²) in [6.07, 6.45) is 0.852. The van der Waals surface area contributed by atoms with Gasteiger partial charge in [-0.15, -0.1) is 0 Å². The minimum atomic E-state index is -0.704. The molecule has 0 aromatic heterocycles. The van der Waals surface area contributed by atoms with Crippen LogP contribution in [-0.4, -0.2) is 37.3 Å². The van der Waals surface area contributed by atoms with E-state index >= 15 is 0 Å². The Hall–Kier alpha value is -1.32. The van der Waals surface area contributed by atoms with Crippen molar-refractivity contribution in [1.29, 1.82) is 0 Å². The first-order valence-electron chi connectivity index (χ1n) is 4.23. The zero-order chi connectivity index (χ0) is 12.0. The average molecular weight is 341 g/mol. The molecule has 1 heterocycles. The van der Waals surface area contributed by atoms with E-state index in [1.165, 1.54) is 23.0 Å². The highest BCUT2D eigenvalue weighted by molar-refractivity contribution is 14.1. The van der Waals surface area contributed by atoms with Crippen molar-refractivity contribution in [3.8, 4) is 0 Å². The van der Waals surface area contributed by atoms with Gasteiger partial charge in [0, 0.05) is 12.2 Å². The lowest BCUT2D eigenvalue weighted by Gasteiger charge is -2.06. The first-order chi connectivity index (χ1) is 7.61. The summed E-state index contributed by atoms with van der Waals surface area (Å²) in [4.78, 5) is 32.2. The second-order valence-corrected chi connectivity index (χ2v) is 3.21. The van der Waals surface area contributed by atoms with E-state index in [0.29, 0.717) is 6.54 Å². The standard InChI is InChI=1S/C8H8INO6/c9-16-7(12)2-1-6(11)14-4-5-3-10-8(13)15-5/h1-2,5H,3-4H2,(H,10,13)/b2-1+. The number of ether oxygens (including phenoxy) is 2. The lowest BCUT2D eigenvalue weighted by atomic mass is 10.4. The Morgan fingerprint density at radius 3 is 2.75 bits per heavy atom. The predicted octanol–water partition coefficient (Wildman–Crippen LogP) is 0.0874. The van der Waals surface area contributed by atoms with Crippen LogP contribution in [0.3, 0.4) is 0 Å². The van der Waals surface area contributed by atoms with Crippen LogP contribution in [0.2, 0.25) is 0 Å². The Bertz CT molecular complexity index is 328. The van der Waals surface area contributed by atoms with Gasteiger partial charge in [-0.2, -0.15) is 0 Å². The molecule has 1 N–H and O–H groups in total. The molecule has 1 amide bonds. The molecule has 7 nitrogen and oxygen atoms in total. The largest absolute Gasteiger partial charge is 0.459 e. The van der Waals surface area contributed by atoms with Gasteiger partial charge < -0.3 is 17.9 Å². The van der Waals surface area contributed by atoms with E-state index in [2.05, 4.69) is 8.38 Å². The number of carbonyl (C=O) groups excluding carboxylic acids is 3. The predicted molar refractivity (Wildman–Crippen MR) is 58.5 cm³/mol. The van der Waals surface area contributed by atoms with E-state index in [0.717, 1.165) is 12.2 Å². The van der Waals surface area contributed by atoms with Crippen molar-refractivity contribution >= 4 is 41.0 Å². The molecular formula is C8H8INO6. The summed E-state index contributed by atoms with van der Waals surface area (Å²) in [6, 6.07) is 0. The minimum absolute atomic E-state index is 0.0544. The van der Waals surface area contributed by atoms with Crippen LogP contribution in [0.1, 0.15) is 0 Å². The zero-order valence-electron chi connectivity index (χ0n) is 7.97. The summed E-state index contributed by atoms with van der Waals surface area (Å²) >= 11 is 1.40. The monoisotopic (exact) mass is 341 g/mol. The molecule has 88 valence electrons. The number of hydrogen-bond donors (Lipinski definition) is 1. The number of esters is 1. The van der Waals surface area contributed by atoms with Crippen LogP contribution in [-0.2, 0) is 22.1 Å². The molecule has 0 aliphatic carbocycles. The Morgan fingerprint density at radius 1 is 1.50 bits per heavy atom. The van der Waals surface area contributed by atoms with Gasteiger partial charge in [-0.1, -0.05) is 0 Å². The fourth-order valence-corrected chi connectivity index (χ4v) is 1.06. The maximum absolute atomic E-state index is 11.0. The van der Waals surface area contributed by atoms with Gasteiger partial charge in [0.1, 0.15) is 6.61 Å². The first kappa shape index (κ1) is 12.7. The topological polar surface area (TPSA) is 90.9 Å². The number of carbonyl (C=O) groups is 3. The molecule has 16 heavy (non-hydrogen) atoms. The summed E-state index contributed by atoms with van der Waals surface area (Å²) in [5.41, 5.74) is 0. The van der Waals surface area contributed by atoms with Crippen LogP contribution in [0.4, 0.5) is 4.79 Å². The molecule has 0 aromatic rings. The second kappa shape index (κ2) is 6.30. The Kier molecular flexibility index (Phi) is 5.02. The van der Waals surface area contributed by atoms with Crippen LogP contribution < -0.4 is 5.32 Å². The number of nitrogens with one attached hydrogen (secondary N) is 1. The van der Waals surface area contributed by atoms with Crippen molar-refractivity contribution < 1.29 is 26.9 Å². The average Bonchev–Trinajstić information content (AvgIpc) is 2.69. The highest BCUT2D eigenvalue weighted by atomic mass is 127. The molecular weight excluding hydrogens is 333 g/mol. The normalized spacial score (nSPS) is 19.1. The molecule has 1 aliphatic heterocycles. The molecule has 1 aliphatic rings. The summed E-state index contributed by atoms with van der Waals surface area (Å²) < 4.78 is 13.7. The number of hydrogen-bond acceptors (Lipinski definition) is 6. The molecule has 0 bridgehead atoms. The van der Waals surface area contributed by atoms with E-state index in [-0.39, 0.29) is 6.61 Å². The van der Waals surface area contributed by atoms with Crippen LogP contribution >= 0.6 is 23.0 Å². The minimum Gasteiger partial charge on any atom is -0.459 e. The van der Waals surface area contributed by atoms with Gasteiger partial charge in [0.2, 0.25) is 0 Å². The fraction of sp³-hybridized carbons (Fsp3) is 0.375. The Balaban J connectivity index is 2.22. The first-order valence-corrected chi connectivity index (χ1v) is 5.11. The molecule has 0 saturated carbocycles. The SMILES string of the molecule is O=C(/C=C/C(=O)OCC1CNC(=O)O1)OI. The Morgan fingerprint density at radius 2 is 2.19 bits per heavy atom. The molecule has 1 unspecified atom stereocenters.